The van der Waals surface area contributed by atoms with Crippen LogP contribution in [0.25, 0.3) is 0 Å². The number of nitrogens with zero attached hydrogens (tertiary/aromatic N) is 2. The highest BCUT2D eigenvalue weighted by Crippen LogP contribution is 2.35. The van der Waals surface area contributed by atoms with Crippen LogP contribution in [-0.2, 0) is 14.8 Å². The van der Waals surface area contributed by atoms with Crippen LogP contribution in [0.5, 0.6) is 5.75 Å². The van der Waals surface area contributed by atoms with Crippen LogP contribution in [0.2, 0.25) is 10.0 Å². The molecule has 0 atom stereocenters. The molecule has 0 aromatic heterocycles. The Hall–Kier alpha value is -1.80. The van der Waals surface area contributed by atoms with E-state index in [1.165, 1.54) is 16.4 Å². The van der Waals surface area contributed by atoms with E-state index in [1.54, 1.807) is 11.0 Å². The van der Waals surface area contributed by atoms with Crippen molar-refractivity contribution >= 4 is 44.8 Å². The van der Waals surface area contributed by atoms with E-state index in [4.69, 9.17) is 27.9 Å². The smallest absolute Gasteiger partial charge is 0.244 e. The van der Waals surface area contributed by atoms with Gasteiger partial charge >= 0.3 is 0 Å². The van der Waals surface area contributed by atoms with Gasteiger partial charge in [-0.1, -0.05) is 35.3 Å². The molecule has 0 radical (unpaired) electrons. The first-order chi connectivity index (χ1) is 13.9. The molecule has 29 heavy (non-hydrogen) atoms. The topological polar surface area (TPSA) is 66.9 Å². The largest absolute Gasteiger partial charge is 0.490 e. The van der Waals surface area contributed by atoms with Crippen LogP contribution in [0.4, 0.5) is 5.69 Å². The Morgan fingerprint density at radius 1 is 1.03 bits per heavy atom. The van der Waals surface area contributed by atoms with Gasteiger partial charge in [-0.25, -0.2) is 8.42 Å². The highest BCUT2D eigenvalue weighted by atomic mass is 35.5. The van der Waals surface area contributed by atoms with E-state index < -0.39 is 10.0 Å². The number of fused-ring (bicyclic) bond motifs is 1. The zero-order valence-electron chi connectivity index (χ0n) is 15.6. The zero-order chi connectivity index (χ0) is 20.6. The third-order valence-corrected chi connectivity index (χ3v) is 7.92. The number of benzene rings is 2. The van der Waals surface area contributed by atoms with Crippen molar-refractivity contribution in [3.63, 3.8) is 0 Å². The Labute approximate surface area is 180 Å². The lowest BCUT2D eigenvalue weighted by Gasteiger charge is -2.35. The number of anilines is 1. The molecule has 2 heterocycles. The fourth-order valence-electron chi connectivity index (χ4n) is 3.78. The first-order valence-electron chi connectivity index (χ1n) is 9.36. The van der Waals surface area contributed by atoms with E-state index in [0.29, 0.717) is 36.8 Å². The molecule has 4 rings (SSSR count). The normalized spacial score (nSPS) is 18.2. The van der Waals surface area contributed by atoms with E-state index >= 15 is 0 Å². The number of amides is 1. The SMILES string of the molecule is O=C(C1CCN(S(=O)(=O)c2cc(Cl)ccc2Cl)CC1)N1CCOc2ccccc21. The maximum Gasteiger partial charge on any atom is 0.244 e. The molecule has 1 saturated heterocycles. The van der Waals surface area contributed by atoms with Gasteiger partial charge in [0.25, 0.3) is 0 Å². The maximum absolute atomic E-state index is 13.1. The number of para-hydroxylation sites is 2. The molecular formula is C20H20Cl2N2O4S. The number of halogens is 2. The standard InChI is InChI=1S/C20H20Cl2N2O4S/c21-15-5-6-16(22)19(13-15)29(26,27)23-9-7-14(8-10-23)20(25)24-11-12-28-18-4-2-1-3-17(18)24/h1-6,13-14H,7-12H2. The van der Waals surface area contributed by atoms with Gasteiger partial charge in [0.05, 0.1) is 17.3 Å². The third kappa shape index (κ3) is 3.97. The number of carbonyl (C=O) groups is 1. The summed E-state index contributed by atoms with van der Waals surface area (Å²) in [6.45, 7) is 1.46. The van der Waals surface area contributed by atoms with Gasteiger partial charge in [0.15, 0.2) is 0 Å². The number of rotatable bonds is 3. The average molecular weight is 455 g/mol. The molecule has 0 aliphatic carbocycles. The summed E-state index contributed by atoms with van der Waals surface area (Å²) in [7, 11) is -3.77. The predicted molar refractivity (Wildman–Crippen MR) is 112 cm³/mol. The molecule has 1 fully saturated rings. The summed E-state index contributed by atoms with van der Waals surface area (Å²) in [4.78, 5) is 14.9. The van der Waals surface area contributed by atoms with Crippen molar-refractivity contribution in [3.05, 3.63) is 52.5 Å². The highest BCUT2D eigenvalue weighted by molar-refractivity contribution is 7.89. The Morgan fingerprint density at radius 3 is 2.52 bits per heavy atom. The van der Waals surface area contributed by atoms with Crippen molar-refractivity contribution < 1.29 is 17.9 Å². The molecule has 2 aliphatic rings. The van der Waals surface area contributed by atoms with E-state index in [0.717, 1.165) is 5.69 Å². The van der Waals surface area contributed by atoms with Crippen molar-refractivity contribution in [2.45, 2.75) is 17.7 Å². The molecule has 0 spiro atoms. The van der Waals surface area contributed by atoms with Gasteiger partial charge in [0, 0.05) is 24.0 Å². The highest BCUT2D eigenvalue weighted by Gasteiger charge is 2.36. The van der Waals surface area contributed by atoms with Gasteiger partial charge in [0.1, 0.15) is 17.3 Å². The van der Waals surface area contributed by atoms with Gasteiger partial charge in [-0.2, -0.15) is 4.31 Å². The number of hydrogen-bond acceptors (Lipinski definition) is 4. The van der Waals surface area contributed by atoms with Crippen molar-refractivity contribution in [2.24, 2.45) is 5.92 Å². The molecule has 0 saturated carbocycles. The van der Waals surface area contributed by atoms with Crippen LogP contribution < -0.4 is 9.64 Å². The average Bonchev–Trinajstić information content (AvgIpc) is 2.74. The first-order valence-corrected chi connectivity index (χ1v) is 11.6. The molecular weight excluding hydrogens is 435 g/mol. The second-order valence-electron chi connectivity index (χ2n) is 7.06. The Bertz CT molecular complexity index is 1040. The predicted octanol–water partition coefficient (Wildman–Crippen LogP) is 3.82. The second-order valence-corrected chi connectivity index (χ2v) is 9.81. The van der Waals surface area contributed by atoms with Crippen molar-refractivity contribution in [1.29, 1.82) is 0 Å². The molecule has 2 aromatic rings. The number of sulfonamides is 1. The minimum absolute atomic E-state index is 0.00134. The summed E-state index contributed by atoms with van der Waals surface area (Å²) in [6, 6.07) is 11.8. The fraction of sp³-hybridized carbons (Fsp3) is 0.350. The number of ether oxygens (including phenoxy) is 1. The Balaban J connectivity index is 1.47. The van der Waals surface area contributed by atoms with E-state index in [9.17, 15) is 13.2 Å². The molecule has 2 aromatic carbocycles. The molecule has 0 bridgehead atoms. The molecule has 9 heteroatoms. The summed E-state index contributed by atoms with van der Waals surface area (Å²) >= 11 is 12.0. The first kappa shape index (κ1) is 20.5. The van der Waals surface area contributed by atoms with Crippen LogP contribution in [-0.4, -0.2) is 44.9 Å². The summed E-state index contributed by atoms with van der Waals surface area (Å²) in [6.07, 6.45) is 0.908. The minimum atomic E-state index is -3.77. The molecule has 0 N–H and O–H groups in total. The van der Waals surface area contributed by atoms with Gasteiger partial charge in [-0.15, -0.1) is 0 Å². The Morgan fingerprint density at radius 2 is 1.76 bits per heavy atom. The van der Waals surface area contributed by atoms with E-state index in [-0.39, 0.29) is 34.8 Å². The van der Waals surface area contributed by atoms with Gasteiger partial charge in [-0.3, -0.25) is 4.79 Å². The number of carbonyl (C=O) groups excluding carboxylic acids is 1. The van der Waals surface area contributed by atoms with Gasteiger partial charge < -0.3 is 9.64 Å². The lowest BCUT2D eigenvalue weighted by atomic mass is 9.96. The summed E-state index contributed by atoms with van der Waals surface area (Å²) in [5.74, 6) is 0.476. The van der Waals surface area contributed by atoms with Crippen molar-refractivity contribution in [3.8, 4) is 5.75 Å². The number of hydrogen-bond donors (Lipinski definition) is 0. The number of piperidine rings is 1. The third-order valence-electron chi connectivity index (χ3n) is 5.31. The molecule has 0 unspecified atom stereocenters. The summed E-state index contributed by atoms with van der Waals surface area (Å²) < 4.78 is 32.9. The quantitative estimate of drug-likeness (QED) is 0.706. The fourth-order valence-corrected chi connectivity index (χ4v) is 5.98. The monoisotopic (exact) mass is 454 g/mol. The van der Waals surface area contributed by atoms with Crippen LogP contribution in [0.1, 0.15) is 12.8 Å². The molecule has 6 nitrogen and oxygen atoms in total. The van der Waals surface area contributed by atoms with Gasteiger partial charge in [-0.05, 0) is 43.2 Å². The van der Waals surface area contributed by atoms with Crippen molar-refractivity contribution in [2.75, 3.05) is 31.1 Å². The lowest BCUT2D eigenvalue weighted by Crippen LogP contribution is -2.46. The molecule has 2 aliphatic heterocycles. The lowest BCUT2D eigenvalue weighted by molar-refractivity contribution is -0.123. The Kier molecular flexibility index (Phi) is 5.75. The summed E-state index contributed by atoms with van der Waals surface area (Å²) in [5, 5.41) is 0.446. The zero-order valence-corrected chi connectivity index (χ0v) is 17.9. The van der Waals surface area contributed by atoms with Crippen LogP contribution in [0.15, 0.2) is 47.4 Å². The van der Waals surface area contributed by atoms with Crippen LogP contribution >= 0.6 is 23.2 Å². The van der Waals surface area contributed by atoms with E-state index in [2.05, 4.69) is 0 Å². The van der Waals surface area contributed by atoms with Gasteiger partial charge in [0.2, 0.25) is 15.9 Å². The van der Waals surface area contributed by atoms with Crippen LogP contribution in [0, 0.1) is 5.92 Å². The summed E-state index contributed by atoms with van der Waals surface area (Å²) in [5.41, 5.74) is 0.768. The molecule has 154 valence electrons. The maximum atomic E-state index is 13.1. The second kappa shape index (κ2) is 8.14. The van der Waals surface area contributed by atoms with E-state index in [1.807, 2.05) is 24.3 Å². The molecule has 1 amide bonds. The minimum Gasteiger partial charge on any atom is -0.490 e. The van der Waals surface area contributed by atoms with Crippen molar-refractivity contribution in [1.82, 2.24) is 4.31 Å². The van der Waals surface area contributed by atoms with Crippen LogP contribution in [0.3, 0.4) is 0 Å².